The largest absolute Gasteiger partial charge is 0.347 e. The molecule has 0 aliphatic rings. The molecule has 3 nitrogen and oxygen atoms in total. The predicted molar refractivity (Wildman–Crippen MR) is 78.5 cm³/mol. The number of carbonyl (C=O) groups is 1. The van der Waals surface area contributed by atoms with Crippen LogP contribution in [0.25, 0.3) is 0 Å². The Hall–Kier alpha value is -2.03. The van der Waals surface area contributed by atoms with Gasteiger partial charge in [-0.2, -0.15) is 0 Å². The number of benzene rings is 1. The molecule has 0 aliphatic carbocycles. The monoisotopic (exact) mass is 256 g/mol. The second kappa shape index (κ2) is 4.92. The second-order valence-corrected chi connectivity index (χ2v) is 5.75. The average Bonchev–Trinajstić information content (AvgIpc) is 2.75. The Labute approximate surface area is 114 Å². The molecule has 19 heavy (non-hydrogen) atoms. The quantitative estimate of drug-likeness (QED) is 0.875. The molecule has 0 aliphatic heterocycles. The van der Waals surface area contributed by atoms with Crippen LogP contribution in [0.5, 0.6) is 0 Å². The van der Waals surface area contributed by atoms with Gasteiger partial charge >= 0.3 is 0 Å². The molecular weight excluding hydrogens is 236 g/mol. The first kappa shape index (κ1) is 13.4. The Morgan fingerprint density at radius 1 is 1.11 bits per heavy atom. The van der Waals surface area contributed by atoms with Gasteiger partial charge in [0.2, 0.25) is 0 Å². The van der Waals surface area contributed by atoms with Gasteiger partial charge in [-0.25, -0.2) is 0 Å². The summed E-state index contributed by atoms with van der Waals surface area (Å²) in [5.74, 6) is -0.0794. The van der Waals surface area contributed by atoms with E-state index in [1.807, 2.05) is 48.1 Å². The fraction of sp³-hybridized carbons (Fsp3) is 0.312. The minimum Gasteiger partial charge on any atom is -0.347 e. The van der Waals surface area contributed by atoms with Crippen molar-refractivity contribution in [1.29, 1.82) is 0 Å². The zero-order chi connectivity index (χ0) is 14.0. The van der Waals surface area contributed by atoms with Gasteiger partial charge < -0.3 is 9.88 Å². The van der Waals surface area contributed by atoms with Crippen LogP contribution in [0.2, 0.25) is 0 Å². The van der Waals surface area contributed by atoms with E-state index in [9.17, 15) is 4.79 Å². The van der Waals surface area contributed by atoms with Crippen LogP contribution in [0.3, 0.4) is 0 Å². The van der Waals surface area contributed by atoms with Gasteiger partial charge in [-0.1, -0.05) is 39.0 Å². The van der Waals surface area contributed by atoms with Crippen molar-refractivity contribution in [2.75, 3.05) is 5.32 Å². The maximum absolute atomic E-state index is 12.2. The van der Waals surface area contributed by atoms with E-state index >= 15 is 0 Å². The van der Waals surface area contributed by atoms with Crippen LogP contribution in [-0.4, -0.2) is 10.5 Å². The molecule has 0 unspecified atom stereocenters. The topological polar surface area (TPSA) is 34.0 Å². The third kappa shape index (κ3) is 2.87. The first-order valence-electron chi connectivity index (χ1n) is 6.42. The van der Waals surface area contributed by atoms with Crippen LogP contribution in [0.4, 0.5) is 5.69 Å². The average molecular weight is 256 g/mol. The highest BCUT2D eigenvalue weighted by Crippen LogP contribution is 2.29. The number of hydrogen-bond acceptors (Lipinski definition) is 1. The maximum atomic E-state index is 12.2. The molecule has 2 rings (SSSR count). The smallest absolute Gasteiger partial charge is 0.272 e. The van der Waals surface area contributed by atoms with Gasteiger partial charge in [-0.3, -0.25) is 4.79 Å². The Morgan fingerprint density at radius 3 is 2.37 bits per heavy atom. The Morgan fingerprint density at radius 2 is 1.79 bits per heavy atom. The number of nitrogens with one attached hydrogen (secondary N) is 1. The minimum absolute atomic E-state index is 0.00190. The number of nitrogens with zero attached hydrogens (tertiary/aromatic N) is 1. The molecule has 1 aromatic carbocycles. The summed E-state index contributed by atoms with van der Waals surface area (Å²) in [4.78, 5) is 12.2. The summed E-state index contributed by atoms with van der Waals surface area (Å²) in [6.07, 6.45) is 1.87. The molecule has 0 saturated carbocycles. The van der Waals surface area contributed by atoms with Crippen molar-refractivity contribution >= 4 is 11.6 Å². The van der Waals surface area contributed by atoms with Crippen molar-refractivity contribution in [2.45, 2.75) is 26.2 Å². The standard InChI is InChI=1S/C16H20N2O/c1-16(2,3)12-8-5-6-9-13(12)17-15(19)14-10-7-11-18(14)4/h5-11H,1-4H3,(H,17,19). The van der Waals surface area contributed by atoms with Crippen LogP contribution in [0, 0.1) is 0 Å². The highest BCUT2D eigenvalue weighted by molar-refractivity contribution is 6.03. The van der Waals surface area contributed by atoms with Gasteiger partial charge in [-0.15, -0.1) is 0 Å². The first-order chi connectivity index (χ1) is 8.89. The zero-order valence-corrected chi connectivity index (χ0v) is 11.9. The van der Waals surface area contributed by atoms with Crippen molar-refractivity contribution in [3.8, 4) is 0 Å². The SMILES string of the molecule is Cn1cccc1C(=O)Nc1ccccc1C(C)(C)C. The van der Waals surface area contributed by atoms with Gasteiger partial charge in [0, 0.05) is 18.9 Å². The van der Waals surface area contributed by atoms with Crippen LogP contribution in [0.15, 0.2) is 42.6 Å². The number of anilines is 1. The van der Waals surface area contributed by atoms with E-state index in [1.54, 1.807) is 0 Å². The third-order valence-corrected chi connectivity index (χ3v) is 3.16. The minimum atomic E-state index is -0.0794. The molecular formula is C16H20N2O. The molecule has 2 aromatic rings. The van der Waals surface area contributed by atoms with E-state index in [0.717, 1.165) is 11.3 Å². The van der Waals surface area contributed by atoms with Crippen molar-refractivity contribution in [2.24, 2.45) is 7.05 Å². The number of carbonyl (C=O) groups excluding carboxylic acids is 1. The normalized spacial score (nSPS) is 11.4. The van der Waals surface area contributed by atoms with Gasteiger partial charge in [0.1, 0.15) is 5.69 Å². The number of hydrogen-bond donors (Lipinski definition) is 1. The zero-order valence-electron chi connectivity index (χ0n) is 11.9. The summed E-state index contributed by atoms with van der Waals surface area (Å²) in [6, 6.07) is 11.6. The first-order valence-corrected chi connectivity index (χ1v) is 6.42. The Bertz CT molecular complexity index is 591. The van der Waals surface area contributed by atoms with E-state index in [4.69, 9.17) is 0 Å². The van der Waals surface area contributed by atoms with Crippen LogP contribution in [-0.2, 0) is 12.5 Å². The molecule has 1 N–H and O–H groups in total. The van der Waals surface area contributed by atoms with Gasteiger partial charge in [0.15, 0.2) is 0 Å². The lowest BCUT2D eigenvalue weighted by Gasteiger charge is -2.23. The third-order valence-electron chi connectivity index (χ3n) is 3.16. The molecule has 1 aromatic heterocycles. The summed E-state index contributed by atoms with van der Waals surface area (Å²) >= 11 is 0. The van der Waals surface area contributed by atoms with E-state index < -0.39 is 0 Å². The second-order valence-electron chi connectivity index (χ2n) is 5.75. The molecule has 3 heteroatoms. The fourth-order valence-electron chi connectivity index (χ4n) is 2.13. The highest BCUT2D eigenvalue weighted by Gasteiger charge is 2.19. The van der Waals surface area contributed by atoms with E-state index in [0.29, 0.717) is 5.69 Å². The lowest BCUT2D eigenvalue weighted by molar-refractivity contribution is 0.101. The lowest BCUT2D eigenvalue weighted by Crippen LogP contribution is -2.20. The summed E-state index contributed by atoms with van der Waals surface area (Å²) in [6.45, 7) is 6.42. The molecule has 0 atom stereocenters. The van der Waals surface area contributed by atoms with Gasteiger partial charge in [0.25, 0.3) is 5.91 Å². The lowest BCUT2D eigenvalue weighted by atomic mass is 9.86. The molecule has 0 spiro atoms. The molecule has 100 valence electrons. The van der Waals surface area contributed by atoms with Gasteiger partial charge in [0.05, 0.1) is 0 Å². The molecule has 1 amide bonds. The van der Waals surface area contributed by atoms with Crippen molar-refractivity contribution in [3.05, 3.63) is 53.9 Å². The van der Waals surface area contributed by atoms with Crippen LogP contribution in [0.1, 0.15) is 36.8 Å². The van der Waals surface area contributed by atoms with Crippen molar-refractivity contribution < 1.29 is 4.79 Å². The van der Waals surface area contributed by atoms with E-state index in [1.165, 1.54) is 0 Å². The predicted octanol–water partition coefficient (Wildman–Crippen LogP) is 3.57. The van der Waals surface area contributed by atoms with E-state index in [2.05, 4.69) is 32.2 Å². The van der Waals surface area contributed by atoms with Gasteiger partial charge in [-0.05, 0) is 29.2 Å². The molecule has 1 heterocycles. The van der Waals surface area contributed by atoms with Crippen LogP contribution >= 0.6 is 0 Å². The number of amides is 1. The van der Waals surface area contributed by atoms with Crippen molar-refractivity contribution in [3.63, 3.8) is 0 Å². The summed E-state index contributed by atoms with van der Waals surface area (Å²) in [5.41, 5.74) is 2.67. The highest BCUT2D eigenvalue weighted by atomic mass is 16.1. The number of para-hydroxylation sites is 1. The van der Waals surface area contributed by atoms with Crippen LogP contribution < -0.4 is 5.32 Å². The molecule has 0 bridgehead atoms. The number of aromatic nitrogens is 1. The molecule has 0 fully saturated rings. The Kier molecular flexibility index (Phi) is 3.47. The number of aryl methyl sites for hydroxylation is 1. The maximum Gasteiger partial charge on any atom is 0.272 e. The van der Waals surface area contributed by atoms with E-state index in [-0.39, 0.29) is 11.3 Å². The summed E-state index contributed by atoms with van der Waals surface area (Å²) < 4.78 is 1.81. The summed E-state index contributed by atoms with van der Waals surface area (Å²) in [7, 11) is 1.87. The molecule has 0 saturated heterocycles. The molecule has 0 radical (unpaired) electrons. The fourth-order valence-corrected chi connectivity index (χ4v) is 2.13. The Balaban J connectivity index is 2.30. The number of rotatable bonds is 2. The summed E-state index contributed by atoms with van der Waals surface area (Å²) in [5, 5.41) is 3.00. The van der Waals surface area contributed by atoms with Crippen molar-refractivity contribution in [1.82, 2.24) is 4.57 Å².